The van der Waals surface area contributed by atoms with Gasteiger partial charge < -0.3 is 15.4 Å². The molecule has 94 valence electrons. The summed E-state index contributed by atoms with van der Waals surface area (Å²) in [7, 11) is 1.67. The van der Waals surface area contributed by atoms with Gasteiger partial charge in [-0.1, -0.05) is 29.8 Å². The summed E-state index contributed by atoms with van der Waals surface area (Å²) in [4.78, 5) is 0. The summed E-state index contributed by atoms with van der Waals surface area (Å²) in [6.45, 7) is 3.24. The van der Waals surface area contributed by atoms with Crippen molar-refractivity contribution in [1.82, 2.24) is 10.6 Å². The maximum Gasteiger partial charge on any atom is 0.166 e. The number of thiocarbonyl (C=S) groups is 1. The molecule has 0 aromatic heterocycles. The minimum Gasteiger partial charge on any atom is -0.383 e. The minimum absolute atomic E-state index is 0.186. The van der Waals surface area contributed by atoms with Crippen LogP contribution in [-0.2, 0) is 11.3 Å². The fourth-order valence-electron chi connectivity index (χ4n) is 1.38. The van der Waals surface area contributed by atoms with Gasteiger partial charge in [0.15, 0.2) is 5.11 Å². The quantitative estimate of drug-likeness (QED) is 0.806. The summed E-state index contributed by atoms with van der Waals surface area (Å²) in [6.07, 6.45) is 0. The number of halogens is 1. The lowest BCUT2D eigenvalue weighted by atomic mass is 10.2. The van der Waals surface area contributed by atoms with Crippen molar-refractivity contribution in [1.29, 1.82) is 0 Å². The summed E-state index contributed by atoms with van der Waals surface area (Å²) < 4.78 is 5.02. The summed E-state index contributed by atoms with van der Waals surface area (Å²) in [5, 5.41) is 7.58. The van der Waals surface area contributed by atoms with Gasteiger partial charge in [-0.3, -0.25) is 0 Å². The van der Waals surface area contributed by atoms with Gasteiger partial charge in [0.05, 0.1) is 6.61 Å². The summed E-state index contributed by atoms with van der Waals surface area (Å²) >= 11 is 11.2. The second-order valence-corrected chi connectivity index (χ2v) is 4.59. The third-order valence-electron chi connectivity index (χ3n) is 2.19. The van der Waals surface area contributed by atoms with E-state index in [0.717, 1.165) is 10.6 Å². The fourth-order valence-corrected chi connectivity index (χ4v) is 1.86. The average molecular weight is 273 g/mol. The van der Waals surface area contributed by atoms with Gasteiger partial charge in [-0.15, -0.1) is 0 Å². The predicted molar refractivity (Wildman–Crippen MR) is 75.4 cm³/mol. The van der Waals surface area contributed by atoms with E-state index in [1.165, 1.54) is 0 Å². The van der Waals surface area contributed by atoms with E-state index in [1.54, 1.807) is 7.11 Å². The van der Waals surface area contributed by atoms with Gasteiger partial charge in [0, 0.05) is 24.7 Å². The number of methoxy groups -OCH3 is 1. The van der Waals surface area contributed by atoms with Crippen LogP contribution in [0.3, 0.4) is 0 Å². The summed E-state index contributed by atoms with van der Waals surface area (Å²) in [5.74, 6) is 0. The highest BCUT2D eigenvalue weighted by Crippen LogP contribution is 2.14. The Morgan fingerprint density at radius 2 is 2.18 bits per heavy atom. The van der Waals surface area contributed by atoms with Crippen molar-refractivity contribution in [3.05, 3.63) is 34.9 Å². The highest BCUT2D eigenvalue weighted by molar-refractivity contribution is 7.80. The molecule has 1 aromatic carbocycles. The number of rotatable bonds is 5. The van der Waals surface area contributed by atoms with Crippen LogP contribution in [-0.4, -0.2) is 24.9 Å². The molecule has 0 fully saturated rings. The van der Waals surface area contributed by atoms with E-state index in [-0.39, 0.29) is 6.04 Å². The van der Waals surface area contributed by atoms with Gasteiger partial charge in [-0.25, -0.2) is 0 Å². The van der Waals surface area contributed by atoms with Crippen LogP contribution in [0.5, 0.6) is 0 Å². The zero-order valence-corrected chi connectivity index (χ0v) is 11.6. The largest absolute Gasteiger partial charge is 0.383 e. The predicted octanol–water partition coefficient (Wildman–Crippen LogP) is 2.34. The molecule has 3 nitrogen and oxygen atoms in total. The first-order valence-corrected chi connectivity index (χ1v) is 6.18. The van der Waals surface area contributed by atoms with E-state index in [4.69, 9.17) is 28.6 Å². The Morgan fingerprint density at radius 1 is 1.47 bits per heavy atom. The van der Waals surface area contributed by atoms with Crippen LogP contribution in [0.4, 0.5) is 0 Å². The third kappa shape index (κ3) is 5.35. The lowest BCUT2D eigenvalue weighted by molar-refractivity contribution is 0.179. The van der Waals surface area contributed by atoms with Gasteiger partial charge in [-0.05, 0) is 30.8 Å². The van der Waals surface area contributed by atoms with Gasteiger partial charge in [0.25, 0.3) is 0 Å². The number of benzene rings is 1. The Kier molecular flexibility index (Phi) is 6.26. The van der Waals surface area contributed by atoms with Gasteiger partial charge in [-0.2, -0.15) is 0 Å². The molecule has 1 aromatic rings. The molecule has 0 heterocycles. The molecule has 0 amide bonds. The zero-order valence-electron chi connectivity index (χ0n) is 10.00. The Bertz CT molecular complexity index is 373. The average Bonchev–Trinajstić information content (AvgIpc) is 2.28. The van der Waals surface area contributed by atoms with Crippen molar-refractivity contribution in [2.24, 2.45) is 0 Å². The molecular formula is C12H17ClN2OS. The van der Waals surface area contributed by atoms with E-state index in [9.17, 15) is 0 Å². The number of ether oxygens (including phenoxy) is 1. The molecule has 0 spiro atoms. The first-order chi connectivity index (χ1) is 8.13. The van der Waals surface area contributed by atoms with Crippen LogP contribution in [0, 0.1) is 0 Å². The first-order valence-electron chi connectivity index (χ1n) is 5.40. The number of hydrogen-bond donors (Lipinski definition) is 2. The molecule has 0 aliphatic rings. The van der Waals surface area contributed by atoms with Crippen molar-refractivity contribution >= 4 is 28.9 Å². The smallest absolute Gasteiger partial charge is 0.166 e. The molecule has 1 unspecified atom stereocenters. The zero-order chi connectivity index (χ0) is 12.7. The van der Waals surface area contributed by atoms with Crippen molar-refractivity contribution in [3.8, 4) is 0 Å². The van der Waals surface area contributed by atoms with Crippen molar-refractivity contribution in [2.75, 3.05) is 13.7 Å². The molecule has 0 saturated carbocycles. The molecule has 5 heteroatoms. The van der Waals surface area contributed by atoms with E-state index in [0.29, 0.717) is 18.3 Å². The Morgan fingerprint density at radius 3 is 2.82 bits per heavy atom. The van der Waals surface area contributed by atoms with Crippen LogP contribution < -0.4 is 10.6 Å². The van der Waals surface area contributed by atoms with Crippen molar-refractivity contribution in [2.45, 2.75) is 19.5 Å². The van der Waals surface area contributed by atoms with Crippen molar-refractivity contribution < 1.29 is 4.74 Å². The molecule has 1 atom stereocenters. The lowest BCUT2D eigenvalue weighted by Gasteiger charge is -2.16. The van der Waals surface area contributed by atoms with E-state index in [1.807, 2.05) is 31.2 Å². The lowest BCUT2D eigenvalue weighted by Crippen LogP contribution is -2.42. The Hall–Kier alpha value is -0.840. The Balaban J connectivity index is 2.36. The third-order valence-corrected chi connectivity index (χ3v) is 2.82. The summed E-state index contributed by atoms with van der Waals surface area (Å²) in [6, 6.07) is 7.88. The van der Waals surface area contributed by atoms with Crippen LogP contribution in [0.2, 0.25) is 5.02 Å². The highest BCUT2D eigenvalue weighted by Gasteiger charge is 2.04. The summed E-state index contributed by atoms with van der Waals surface area (Å²) in [5.41, 5.74) is 1.03. The molecule has 0 aliphatic heterocycles. The van der Waals surface area contributed by atoms with Crippen LogP contribution >= 0.6 is 23.8 Å². The van der Waals surface area contributed by atoms with E-state index < -0.39 is 0 Å². The van der Waals surface area contributed by atoms with Gasteiger partial charge in [0.2, 0.25) is 0 Å². The molecular weight excluding hydrogens is 256 g/mol. The first kappa shape index (κ1) is 14.2. The molecule has 1 rings (SSSR count). The van der Waals surface area contributed by atoms with Gasteiger partial charge >= 0.3 is 0 Å². The molecule has 0 bridgehead atoms. The normalized spacial score (nSPS) is 11.9. The standard InChI is InChI=1S/C12H17ClN2OS/c1-9(8-16-2)15-12(17)14-7-10-5-3-4-6-11(10)13/h3-6,9H,7-8H2,1-2H3,(H2,14,15,17). The maximum atomic E-state index is 6.04. The molecule has 0 radical (unpaired) electrons. The van der Waals surface area contributed by atoms with Crippen LogP contribution in [0.1, 0.15) is 12.5 Å². The monoisotopic (exact) mass is 272 g/mol. The highest BCUT2D eigenvalue weighted by atomic mass is 35.5. The van der Waals surface area contributed by atoms with E-state index in [2.05, 4.69) is 10.6 Å². The molecule has 2 N–H and O–H groups in total. The number of hydrogen-bond acceptors (Lipinski definition) is 2. The van der Waals surface area contributed by atoms with Crippen LogP contribution in [0.15, 0.2) is 24.3 Å². The SMILES string of the molecule is COCC(C)NC(=S)NCc1ccccc1Cl. The topological polar surface area (TPSA) is 33.3 Å². The molecule has 0 aliphatic carbocycles. The maximum absolute atomic E-state index is 6.04. The van der Waals surface area contributed by atoms with E-state index >= 15 is 0 Å². The second kappa shape index (κ2) is 7.48. The minimum atomic E-state index is 0.186. The molecule has 0 saturated heterocycles. The van der Waals surface area contributed by atoms with Gasteiger partial charge in [0.1, 0.15) is 0 Å². The van der Waals surface area contributed by atoms with Crippen LogP contribution in [0.25, 0.3) is 0 Å². The van der Waals surface area contributed by atoms with Crippen molar-refractivity contribution in [3.63, 3.8) is 0 Å². The fraction of sp³-hybridized carbons (Fsp3) is 0.417. The Labute approximate surface area is 112 Å². The molecule has 17 heavy (non-hydrogen) atoms. The number of nitrogens with one attached hydrogen (secondary N) is 2. The second-order valence-electron chi connectivity index (χ2n) is 3.77.